The molecular formula is C16H22N4O2S. The Morgan fingerprint density at radius 3 is 2.74 bits per heavy atom. The number of nitrogens with one attached hydrogen (secondary N) is 2. The summed E-state index contributed by atoms with van der Waals surface area (Å²) in [6.45, 7) is 8.50. The van der Waals surface area contributed by atoms with Gasteiger partial charge in [0.25, 0.3) is 0 Å². The topological polar surface area (TPSA) is 76.1 Å². The van der Waals surface area contributed by atoms with E-state index in [2.05, 4.69) is 33.6 Å². The van der Waals surface area contributed by atoms with E-state index in [-0.39, 0.29) is 0 Å². The van der Waals surface area contributed by atoms with Crippen LogP contribution in [0.4, 0.5) is 10.7 Å². The number of alkyl carbamates (subject to hydrolysis) is 1. The van der Waals surface area contributed by atoms with Crippen LogP contribution >= 0.6 is 11.3 Å². The Morgan fingerprint density at radius 1 is 1.30 bits per heavy atom. The van der Waals surface area contributed by atoms with Crippen LogP contribution in [0.5, 0.6) is 0 Å². The fourth-order valence-electron chi connectivity index (χ4n) is 1.86. The molecule has 2 aromatic heterocycles. The first kappa shape index (κ1) is 17.2. The number of carbonyl (C=O) groups is 1. The van der Waals surface area contributed by atoms with E-state index in [0.29, 0.717) is 19.0 Å². The van der Waals surface area contributed by atoms with Crippen molar-refractivity contribution < 1.29 is 9.53 Å². The molecule has 124 valence electrons. The van der Waals surface area contributed by atoms with Gasteiger partial charge in [0.2, 0.25) is 5.95 Å². The van der Waals surface area contributed by atoms with Crippen LogP contribution in [0.15, 0.2) is 23.7 Å². The largest absolute Gasteiger partial charge is 0.444 e. The minimum absolute atomic E-state index is 0.428. The van der Waals surface area contributed by atoms with Gasteiger partial charge in [-0.2, -0.15) is 0 Å². The predicted molar refractivity (Wildman–Crippen MR) is 92.8 cm³/mol. The highest BCUT2D eigenvalue weighted by molar-refractivity contribution is 7.13. The molecule has 2 rings (SSSR count). The van der Waals surface area contributed by atoms with Gasteiger partial charge in [0.15, 0.2) is 0 Å². The van der Waals surface area contributed by atoms with Crippen LogP contribution in [0.1, 0.15) is 26.3 Å². The Hall–Kier alpha value is -2.15. The van der Waals surface area contributed by atoms with Crippen LogP contribution < -0.4 is 10.6 Å². The average Bonchev–Trinajstić information content (AvgIpc) is 2.88. The molecular weight excluding hydrogens is 312 g/mol. The lowest BCUT2D eigenvalue weighted by Gasteiger charge is -2.19. The third kappa shape index (κ3) is 5.52. The lowest BCUT2D eigenvalue weighted by molar-refractivity contribution is 0.0530. The van der Waals surface area contributed by atoms with Crippen LogP contribution in [-0.4, -0.2) is 34.8 Å². The van der Waals surface area contributed by atoms with Crippen LogP contribution in [0.2, 0.25) is 0 Å². The molecule has 0 saturated carbocycles. The fraction of sp³-hybridized carbons (Fsp3) is 0.438. The van der Waals surface area contributed by atoms with Gasteiger partial charge in [-0.05, 0) is 50.8 Å². The standard InChI is InChI=1S/C16H22N4O2S/c1-11-6-10-23-13(11)12-5-7-17-14(20-12)18-8-9-19-15(21)22-16(2,3)4/h5-7,10H,8-9H2,1-4H3,(H,19,21)(H,17,18,20). The first-order chi connectivity index (χ1) is 10.8. The van der Waals surface area contributed by atoms with Gasteiger partial charge in [0.1, 0.15) is 5.60 Å². The molecule has 0 saturated heterocycles. The smallest absolute Gasteiger partial charge is 0.407 e. The van der Waals surface area contributed by atoms with E-state index in [9.17, 15) is 4.79 Å². The van der Waals surface area contributed by atoms with E-state index in [1.165, 1.54) is 5.56 Å². The Labute approximate surface area is 140 Å². The van der Waals surface area contributed by atoms with Crippen molar-refractivity contribution >= 4 is 23.4 Å². The van der Waals surface area contributed by atoms with Gasteiger partial charge in [0, 0.05) is 19.3 Å². The third-order valence-electron chi connectivity index (χ3n) is 2.83. The van der Waals surface area contributed by atoms with E-state index >= 15 is 0 Å². The molecule has 7 heteroatoms. The molecule has 1 amide bonds. The van der Waals surface area contributed by atoms with Crippen LogP contribution in [-0.2, 0) is 4.74 Å². The van der Waals surface area contributed by atoms with E-state index in [1.54, 1.807) is 17.5 Å². The van der Waals surface area contributed by atoms with Crippen LogP contribution in [0, 0.1) is 6.92 Å². The quantitative estimate of drug-likeness (QED) is 0.819. The predicted octanol–water partition coefficient (Wildman–Crippen LogP) is 3.45. The summed E-state index contributed by atoms with van der Waals surface area (Å²) >= 11 is 1.66. The molecule has 2 N–H and O–H groups in total. The maximum Gasteiger partial charge on any atom is 0.407 e. The number of ether oxygens (including phenoxy) is 1. The molecule has 0 fully saturated rings. The van der Waals surface area contributed by atoms with Gasteiger partial charge in [-0.3, -0.25) is 0 Å². The molecule has 2 aromatic rings. The molecule has 0 radical (unpaired) electrons. The first-order valence-corrected chi connectivity index (χ1v) is 8.31. The van der Waals surface area contributed by atoms with Gasteiger partial charge < -0.3 is 15.4 Å². The zero-order chi connectivity index (χ0) is 16.9. The third-order valence-corrected chi connectivity index (χ3v) is 3.87. The van der Waals surface area contributed by atoms with Crippen molar-refractivity contribution in [3.05, 3.63) is 29.3 Å². The highest BCUT2D eigenvalue weighted by Gasteiger charge is 2.15. The number of aryl methyl sites for hydroxylation is 1. The summed E-state index contributed by atoms with van der Waals surface area (Å²) in [7, 11) is 0. The van der Waals surface area contributed by atoms with E-state index in [1.807, 2.05) is 32.2 Å². The molecule has 2 heterocycles. The Bertz CT molecular complexity index is 664. The lowest BCUT2D eigenvalue weighted by atomic mass is 10.2. The van der Waals surface area contributed by atoms with Gasteiger partial charge in [-0.25, -0.2) is 14.8 Å². The van der Waals surface area contributed by atoms with E-state index < -0.39 is 11.7 Å². The van der Waals surface area contributed by atoms with Crippen LogP contribution in [0.25, 0.3) is 10.6 Å². The van der Waals surface area contributed by atoms with Crippen molar-refractivity contribution in [2.24, 2.45) is 0 Å². The molecule has 6 nitrogen and oxygen atoms in total. The number of aromatic nitrogens is 2. The van der Waals surface area contributed by atoms with Crippen LogP contribution in [0.3, 0.4) is 0 Å². The number of carbonyl (C=O) groups excluding carboxylic acids is 1. The molecule has 23 heavy (non-hydrogen) atoms. The molecule has 0 unspecified atom stereocenters. The number of amides is 1. The summed E-state index contributed by atoms with van der Waals surface area (Å²) in [5, 5.41) is 7.83. The maximum absolute atomic E-state index is 11.5. The minimum Gasteiger partial charge on any atom is -0.444 e. The molecule has 0 aliphatic rings. The summed E-state index contributed by atoms with van der Waals surface area (Å²) in [5.41, 5.74) is 1.61. The number of rotatable bonds is 5. The average molecular weight is 334 g/mol. The van der Waals surface area contributed by atoms with Gasteiger partial charge in [0.05, 0.1) is 10.6 Å². The summed E-state index contributed by atoms with van der Waals surface area (Å²) in [5.74, 6) is 0.543. The normalized spacial score (nSPS) is 11.1. The molecule has 0 aliphatic heterocycles. The second-order valence-corrected chi connectivity index (χ2v) is 6.97. The second-order valence-electron chi connectivity index (χ2n) is 6.05. The van der Waals surface area contributed by atoms with Crippen molar-refractivity contribution in [2.75, 3.05) is 18.4 Å². The zero-order valence-corrected chi connectivity index (χ0v) is 14.7. The van der Waals surface area contributed by atoms with Crippen molar-refractivity contribution in [3.8, 4) is 10.6 Å². The minimum atomic E-state index is -0.493. The van der Waals surface area contributed by atoms with Crippen molar-refractivity contribution in [1.29, 1.82) is 0 Å². The van der Waals surface area contributed by atoms with Crippen molar-refractivity contribution in [2.45, 2.75) is 33.3 Å². The van der Waals surface area contributed by atoms with Gasteiger partial charge >= 0.3 is 6.09 Å². The monoisotopic (exact) mass is 334 g/mol. The van der Waals surface area contributed by atoms with Crippen molar-refractivity contribution in [1.82, 2.24) is 15.3 Å². The molecule has 0 bridgehead atoms. The number of hydrogen-bond acceptors (Lipinski definition) is 6. The highest BCUT2D eigenvalue weighted by Crippen LogP contribution is 2.27. The van der Waals surface area contributed by atoms with Crippen molar-refractivity contribution in [3.63, 3.8) is 0 Å². The van der Waals surface area contributed by atoms with Gasteiger partial charge in [-0.1, -0.05) is 0 Å². The van der Waals surface area contributed by atoms with Gasteiger partial charge in [-0.15, -0.1) is 11.3 Å². The molecule has 0 aromatic carbocycles. The summed E-state index contributed by atoms with van der Waals surface area (Å²) in [4.78, 5) is 21.4. The zero-order valence-electron chi connectivity index (χ0n) is 13.8. The first-order valence-electron chi connectivity index (χ1n) is 7.43. The Kier molecular flexibility index (Phi) is 5.54. The number of anilines is 1. The summed E-state index contributed by atoms with van der Waals surface area (Å²) in [6, 6.07) is 3.96. The SMILES string of the molecule is Cc1ccsc1-c1ccnc(NCCNC(=O)OC(C)(C)C)n1. The number of nitrogens with zero attached hydrogens (tertiary/aromatic N) is 2. The number of hydrogen-bond donors (Lipinski definition) is 2. The Balaban J connectivity index is 1.83. The Morgan fingerprint density at radius 2 is 2.09 bits per heavy atom. The second kappa shape index (κ2) is 7.41. The molecule has 0 atom stereocenters. The summed E-state index contributed by atoms with van der Waals surface area (Å²) < 4.78 is 5.16. The fourth-order valence-corrected chi connectivity index (χ4v) is 2.76. The molecule has 0 spiro atoms. The van der Waals surface area contributed by atoms with E-state index in [4.69, 9.17) is 4.74 Å². The lowest BCUT2D eigenvalue weighted by Crippen LogP contribution is -2.35. The van der Waals surface area contributed by atoms with E-state index in [0.717, 1.165) is 10.6 Å². The molecule has 0 aliphatic carbocycles. The number of thiophene rings is 1. The highest BCUT2D eigenvalue weighted by atomic mass is 32.1. The summed E-state index contributed by atoms with van der Waals surface area (Å²) in [6.07, 6.45) is 1.30. The maximum atomic E-state index is 11.5.